The molecule has 5 rings (SSSR count). The fourth-order valence-electron chi connectivity index (χ4n) is 4.52. The Kier molecular flexibility index (Phi) is 7.06. The highest BCUT2D eigenvalue weighted by atomic mass is 16.5. The Bertz CT molecular complexity index is 1200. The highest BCUT2D eigenvalue weighted by Crippen LogP contribution is 2.41. The van der Waals surface area contributed by atoms with Crippen LogP contribution in [0.25, 0.3) is 11.5 Å². The quantitative estimate of drug-likeness (QED) is 0.532. The summed E-state index contributed by atoms with van der Waals surface area (Å²) in [5.41, 5.74) is 3.50. The summed E-state index contributed by atoms with van der Waals surface area (Å²) in [5.74, 6) is 2.30. The number of likely N-dealkylation sites (N-methyl/N-ethyl adjacent to an activating group) is 1. The van der Waals surface area contributed by atoms with Gasteiger partial charge in [0.15, 0.2) is 11.9 Å². The number of carbonyl (C=O) groups excluding carboxylic acids is 1. The van der Waals surface area contributed by atoms with Gasteiger partial charge in [0.2, 0.25) is 0 Å². The molecule has 1 N–H and O–H groups in total. The van der Waals surface area contributed by atoms with Crippen molar-refractivity contribution in [3.8, 4) is 23.0 Å². The van der Waals surface area contributed by atoms with Crippen LogP contribution in [0.1, 0.15) is 17.8 Å². The van der Waals surface area contributed by atoms with Gasteiger partial charge >= 0.3 is 0 Å². The molecule has 0 aliphatic carbocycles. The number of amides is 1. The Morgan fingerprint density at radius 3 is 2.64 bits per heavy atom. The monoisotopic (exact) mass is 493 g/mol. The number of carbonyl (C=O) groups is 1. The van der Waals surface area contributed by atoms with E-state index in [9.17, 15) is 4.79 Å². The van der Waals surface area contributed by atoms with E-state index in [-0.39, 0.29) is 12.5 Å². The first-order valence-corrected chi connectivity index (χ1v) is 12.1. The summed E-state index contributed by atoms with van der Waals surface area (Å²) in [6, 6.07) is 11.3. The van der Waals surface area contributed by atoms with E-state index in [0.717, 1.165) is 60.9 Å². The SMILES string of the molecule is COCc1noc(-c2ccc(NC(=O)C3CCc4cc(OC)cc(N5CCN(C)CC5)c4O3)cc2)n1. The summed E-state index contributed by atoms with van der Waals surface area (Å²) in [5, 5.41) is 6.86. The number of methoxy groups -OCH3 is 2. The standard InChI is InChI=1S/C26H31N5O5/c1-30-10-12-31(13-11-30)21-15-20(34-3)14-18-6-9-22(35-24(18)21)25(32)27-19-7-4-17(5-8-19)26-28-23(16-33-2)29-36-26/h4-5,7-8,14-15,22H,6,9-13,16H2,1-3H3,(H,27,32). The molecule has 2 aliphatic heterocycles. The van der Waals surface area contributed by atoms with Crippen molar-refractivity contribution in [1.82, 2.24) is 15.0 Å². The molecule has 2 aliphatic rings. The van der Waals surface area contributed by atoms with E-state index >= 15 is 0 Å². The van der Waals surface area contributed by atoms with Crippen LogP contribution in [0.3, 0.4) is 0 Å². The van der Waals surface area contributed by atoms with Crippen molar-refractivity contribution in [3.05, 3.63) is 47.8 Å². The van der Waals surface area contributed by atoms with E-state index in [1.165, 1.54) is 0 Å². The van der Waals surface area contributed by atoms with E-state index in [1.807, 2.05) is 36.4 Å². The van der Waals surface area contributed by atoms with Crippen molar-refractivity contribution in [2.45, 2.75) is 25.6 Å². The molecule has 10 nitrogen and oxygen atoms in total. The van der Waals surface area contributed by atoms with E-state index < -0.39 is 6.10 Å². The fourth-order valence-corrected chi connectivity index (χ4v) is 4.52. The zero-order valence-electron chi connectivity index (χ0n) is 20.8. The average molecular weight is 494 g/mol. The van der Waals surface area contributed by atoms with Gasteiger partial charge in [-0.3, -0.25) is 4.79 Å². The Hall–Kier alpha value is -3.63. The summed E-state index contributed by atoms with van der Waals surface area (Å²) < 4.78 is 22.2. The van der Waals surface area contributed by atoms with Crippen molar-refractivity contribution < 1.29 is 23.5 Å². The van der Waals surface area contributed by atoms with Gasteiger partial charge in [0.25, 0.3) is 11.8 Å². The van der Waals surface area contributed by atoms with Gasteiger partial charge in [-0.2, -0.15) is 4.98 Å². The Morgan fingerprint density at radius 1 is 1.14 bits per heavy atom. The Morgan fingerprint density at radius 2 is 1.92 bits per heavy atom. The first-order chi connectivity index (χ1) is 17.5. The molecule has 0 radical (unpaired) electrons. The third-order valence-corrected chi connectivity index (χ3v) is 6.57. The lowest BCUT2D eigenvalue weighted by molar-refractivity contribution is -0.123. The predicted molar refractivity (Wildman–Crippen MR) is 135 cm³/mol. The van der Waals surface area contributed by atoms with Gasteiger partial charge in [0.05, 0.1) is 12.8 Å². The number of nitrogens with zero attached hydrogens (tertiary/aromatic N) is 4. The van der Waals surface area contributed by atoms with Crippen molar-refractivity contribution >= 4 is 17.3 Å². The number of aryl methyl sites for hydroxylation is 1. The van der Waals surface area contributed by atoms with Crippen molar-refractivity contribution in [2.24, 2.45) is 0 Å². The van der Waals surface area contributed by atoms with Gasteiger partial charge in [-0.25, -0.2) is 0 Å². The van der Waals surface area contributed by atoms with E-state index in [2.05, 4.69) is 32.3 Å². The zero-order chi connectivity index (χ0) is 25.1. The molecular weight excluding hydrogens is 462 g/mol. The van der Waals surface area contributed by atoms with E-state index in [0.29, 0.717) is 23.8 Å². The summed E-state index contributed by atoms with van der Waals surface area (Å²) in [7, 11) is 5.38. The van der Waals surface area contributed by atoms with Crippen molar-refractivity contribution in [2.75, 3.05) is 57.7 Å². The molecule has 0 spiro atoms. The molecule has 1 fully saturated rings. The molecule has 36 heavy (non-hydrogen) atoms. The van der Waals surface area contributed by atoms with E-state index in [1.54, 1.807) is 14.2 Å². The second kappa shape index (κ2) is 10.5. The van der Waals surface area contributed by atoms with E-state index in [4.69, 9.17) is 18.7 Å². The van der Waals surface area contributed by atoms with Crippen LogP contribution in [0.2, 0.25) is 0 Å². The normalized spacial score (nSPS) is 17.9. The zero-order valence-corrected chi connectivity index (χ0v) is 20.8. The highest BCUT2D eigenvalue weighted by molar-refractivity contribution is 5.95. The molecule has 10 heteroatoms. The van der Waals surface area contributed by atoms with Gasteiger partial charge in [-0.1, -0.05) is 5.16 Å². The van der Waals surface area contributed by atoms with Gasteiger partial charge in [-0.05, 0) is 50.2 Å². The van der Waals surface area contributed by atoms with Crippen LogP contribution in [0.4, 0.5) is 11.4 Å². The minimum atomic E-state index is -0.579. The second-order valence-corrected chi connectivity index (χ2v) is 9.09. The molecule has 190 valence electrons. The highest BCUT2D eigenvalue weighted by Gasteiger charge is 2.31. The lowest BCUT2D eigenvalue weighted by Gasteiger charge is -2.37. The number of aromatic nitrogens is 2. The molecular formula is C26H31N5O5. The van der Waals surface area contributed by atoms with Crippen molar-refractivity contribution in [1.29, 1.82) is 0 Å². The maximum absolute atomic E-state index is 13.1. The number of piperazine rings is 1. The first-order valence-electron chi connectivity index (χ1n) is 12.1. The topological polar surface area (TPSA) is 102 Å². The third kappa shape index (κ3) is 5.14. The summed E-state index contributed by atoms with van der Waals surface area (Å²) >= 11 is 0. The number of anilines is 2. The lowest BCUT2D eigenvalue weighted by atomic mass is 9.99. The number of nitrogens with one attached hydrogen (secondary N) is 1. The number of fused-ring (bicyclic) bond motifs is 1. The lowest BCUT2D eigenvalue weighted by Crippen LogP contribution is -2.45. The van der Waals surface area contributed by atoms with Gasteiger partial charge in [-0.15, -0.1) is 0 Å². The van der Waals surface area contributed by atoms with Crippen LogP contribution in [-0.4, -0.2) is 74.5 Å². The van der Waals surface area contributed by atoms with Crippen LogP contribution < -0.4 is 19.7 Å². The Balaban J connectivity index is 1.28. The number of ether oxygens (including phenoxy) is 3. The average Bonchev–Trinajstić information content (AvgIpc) is 3.37. The van der Waals surface area contributed by atoms with Crippen LogP contribution >= 0.6 is 0 Å². The summed E-state index contributed by atoms with van der Waals surface area (Å²) in [6.45, 7) is 4.03. The molecule has 1 atom stereocenters. The van der Waals surface area contributed by atoms with Crippen LogP contribution in [0.5, 0.6) is 11.5 Å². The molecule has 1 saturated heterocycles. The Labute approximate surface area is 210 Å². The van der Waals surface area contributed by atoms with Crippen LogP contribution in [-0.2, 0) is 22.6 Å². The molecule has 3 heterocycles. The molecule has 1 aromatic heterocycles. The number of rotatable bonds is 7. The summed E-state index contributed by atoms with van der Waals surface area (Å²) in [4.78, 5) is 22.0. The maximum Gasteiger partial charge on any atom is 0.265 e. The second-order valence-electron chi connectivity index (χ2n) is 9.09. The molecule has 1 unspecified atom stereocenters. The molecule has 2 aromatic carbocycles. The van der Waals surface area contributed by atoms with Crippen LogP contribution in [0.15, 0.2) is 40.9 Å². The first kappa shape index (κ1) is 24.1. The molecule has 0 saturated carbocycles. The molecule has 0 bridgehead atoms. The minimum absolute atomic E-state index is 0.172. The molecule has 1 amide bonds. The predicted octanol–water partition coefficient (Wildman–Crippen LogP) is 2.98. The van der Waals surface area contributed by atoms with Gasteiger partial charge < -0.3 is 33.9 Å². The molecule has 3 aromatic rings. The fraction of sp³-hybridized carbons (Fsp3) is 0.423. The van der Waals surface area contributed by atoms with Gasteiger partial charge in [0.1, 0.15) is 18.1 Å². The number of benzene rings is 2. The number of hydrogen-bond donors (Lipinski definition) is 1. The smallest absolute Gasteiger partial charge is 0.265 e. The van der Waals surface area contributed by atoms with Crippen LogP contribution in [0, 0.1) is 0 Å². The van der Waals surface area contributed by atoms with Gasteiger partial charge in [0, 0.05) is 56.2 Å². The summed E-state index contributed by atoms with van der Waals surface area (Å²) in [6.07, 6.45) is 0.756. The minimum Gasteiger partial charge on any atom is -0.497 e. The number of hydrogen-bond acceptors (Lipinski definition) is 9. The largest absolute Gasteiger partial charge is 0.497 e. The van der Waals surface area contributed by atoms with Crippen molar-refractivity contribution in [3.63, 3.8) is 0 Å². The maximum atomic E-state index is 13.1. The third-order valence-electron chi connectivity index (χ3n) is 6.57.